The first kappa shape index (κ1) is 34.2. The van der Waals surface area contributed by atoms with Gasteiger partial charge in [0.25, 0.3) is 11.5 Å². The molecule has 51 heavy (non-hydrogen) atoms. The molecular formula is C34H36F2N4O9S2. The maximum absolute atomic E-state index is 14.7. The number of rotatable bonds is 12. The minimum atomic E-state index is -4.09. The average Bonchev–Trinajstić information content (AvgIpc) is 3.89. The van der Waals surface area contributed by atoms with E-state index in [1.807, 2.05) is 0 Å². The number of ether oxygens (including phenoxy) is 3. The van der Waals surface area contributed by atoms with Crippen LogP contribution in [-0.2, 0) is 36.4 Å². The highest BCUT2D eigenvalue weighted by Gasteiger charge is 2.58. The zero-order valence-corrected chi connectivity index (χ0v) is 29.4. The number of halogens is 2. The van der Waals surface area contributed by atoms with Crippen LogP contribution in [-0.4, -0.2) is 58.1 Å². The summed E-state index contributed by atoms with van der Waals surface area (Å²) in [5.41, 5.74) is -2.69. The normalized spacial score (nSPS) is 23.7. The predicted molar refractivity (Wildman–Crippen MR) is 180 cm³/mol. The van der Waals surface area contributed by atoms with E-state index in [1.54, 1.807) is 25.1 Å². The number of aryl methyl sites for hydroxylation is 1. The molecule has 4 atom stereocenters. The Kier molecular flexibility index (Phi) is 8.27. The molecule has 17 heteroatoms. The molecule has 8 rings (SSSR count). The highest BCUT2D eigenvalue weighted by atomic mass is 32.2. The summed E-state index contributed by atoms with van der Waals surface area (Å²) in [5.74, 6) is -0.880. The van der Waals surface area contributed by atoms with Gasteiger partial charge in [-0.05, 0) is 76.8 Å². The van der Waals surface area contributed by atoms with E-state index < -0.39 is 50.2 Å². The van der Waals surface area contributed by atoms with E-state index in [9.17, 15) is 31.6 Å². The van der Waals surface area contributed by atoms with Gasteiger partial charge in [0.1, 0.15) is 28.5 Å². The van der Waals surface area contributed by atoms with Gasteiger partial charge in [0.2, 0.25) is 15.9 Å². The fraction of sp³-hybridized carbons (Fsp3) is 0.529. The minimum Gasteiger partial charge on any atom is -0.444 e. The van der Waals surface area contributed by atoms with Crippen molar-refractivity contribution in [3.63, 3.8) is 0 Å². The third kappa shape index (κ3) is 5.91. The molecule has 2 aliphatic heterocycles. The SMILES string of the molecule is Cc1c(-c2ncco2)sc2c1c(=O)n(C1(C(=O)NS(=O)(=O)C3(C)CC3)CC1)c(=O)n2C[C@H](O[C@H]1C[C@H]2CC[C@@H](C1)O2)c1ccccc1OC(F)F. The molecule has 0 radical (unpaired) electrons. The maximum Gasteiger partial charge on any atom is 0.387 e. The Morgan fingerprint density at radius 2 is 1.84 bits per heavy atom. The molecule has 4 aromatic rings. The summed E-state index contributed by atoms with van der Waals surface area (Å²) in [6.45, 7) is -0.182. The molecule has 1 amide bonds. The molecule has 1 N–H and O–H groups in total. The van der Waals surface area contributed by atoms with E-state index in [4.69, 9.17) is 18.6 Å². The van der Waals surface area contributed by atoms with Crippen LogP contribution in [0.4, 0.5) is 8.78 Å². The fourth-order valence-electron chi connectivity index (χ4n) is 7.36. The lowest BCUT2D eigenvalue weighted by atomic mass is 10.0. The fourth-order valence-corrected chi connectivity index (χ4v) is 9.93. The van der Waals surface area contributed by atoms with Crippen LogP contribution < -0.4 is 20.7 Å². The van der Waals surface area contributed by atoms with E-state index in [0.717, 1.165) is 28.7 Å². The molecule has 2 saturated heterocycles. The number of nitrogens with one attached hydrogen (secondary N) is 1. The van der Waals surface area contributed by atoms with Crippen molar-refractivity contribution in [3.05, 3.63) is 68.7 Å². The molecule has 2 saturated carbocycles. The van der Waals surface area contributed by atoms with E-state index in [2.05, 4.69) is 9.71 Å². The van der Waals surface area contributed by atoms with Crippen LogP contribution in [0, 0.1) is 6.92 Å². The zero-order chi connectivity index (χ0) is 35.9. The molecule has 5 heterocycles. The Balaban J connectivity index is 1.29. The van der Waals surface area contributed by atoms with Crippen molar-refractivity contribution >= 4 is 37.5 Å². The largest absolute Gasteiger partial charge is 0.444 e. The molecule has 2 aliphatic carbocycles. The van der Waals surface area contributed by atoms with Crippen molar-refractivity contribution in [1.82, 2.24) is 18.8 Å². The van der Waals surface area contributed by atoms with E-state index in [1.165, 1.54) is 30.0 Å². The summed E-state index contributed by atoms with van der Waals surface area (Å²) in [6.07, 6.45) is 5.20. The second-order valence-electron chi connectivity index (χ2n) is 14.1. The van der Waals surface area contributed by atoms with Crippen molar-refractivity contribution in [1.29, 1.82) is 0 Å². The lowest BCUT2D eigenvalue weighted by Crippen LogP contribution is -2.53. The van der Waals surface area contributed by atoms with Gasteiger partial charge in [-0.3, -0.25) is 18.9 Å². The van der Waals surface area contributed by atoms with Gasteiger partial charge in [0, 0.05) is 5.56 Å². The maximum atomic E-state index is 14.7. The summed E-state index contributed by atoms with van der Waals surface area (Å²) in [6, 6.07) is 6.18. The minimum absolute atomic E-state index is 0.0102. The molecule has 3 aromatic heterocycles. The Bertz CT molecular complexity index is 2230. The Morgan fingerprint density at radius 3 is 2.47 bits per heavy atom. The van der Waals surface area contributed by atoms with Gasteiger partial charge < -0.3 is 18.6 Å². The second kappa shape index (κ2) is 12.3. The Hall–Kier alpha value is -3.93. The summed E-state index contributed by atoms with van der Waals surface area (Å²) in [7, 11) is -4.09. The van der Waals surface area contributed by atoms with Crippen molar-refractivity contribution in [2.75, 3.05) is 0 Å². The van der Waals surface area contributed by atoms with Crippen LogP contribution in [0.15, 0.2) is 50.7 Å². The molecule has 4 aliphatic rings. The zero-order valence-electron chi connectivity index (χ0n) is 27.8. The van der Waals surface area contributed by atoms with Crippen LogP contribution in [0.1, 0.15) is 75.5 Å². The Labute approximate surface area is 294 Å². The lowest BCUT2D eigenvalue weighted by Gasteiger charge is -2.32. The number of amides is 1. The number of para-hydroxylation sites is 1. The molecular weight excluding hydrogens is 711 g/mol. The van der Waals surface area contributed by atoms with Crippen molar-refractivity contribution in [3.8, 4) is 16.5 Å². The molecule has 0 spiro atoms. The summed E-state index contributed by atoms with van der Waals surface area (Å²) in [4.78, 5) is 47.9. The summed E-state index contributed by atoms with van der Waals surface area (Å²) >= 11 is 1.09. The van der Waals surface area contributed by atoms with Crippen LogP contribution in [0.5, 0.6) is 5.75 Å². The van der Waals surface area contributed by atoms with Gasteiger partial charge in [-0.25, -0.2) is 22.8 Å². The summed E-state index contributed by atoms with van der Waals surface area (Å²) in [5, 5.41) is 0.115. The smallest absolute Gasteiger partial charge is 0.387 e. The van der Waals surface area contributed by atoms with Crippen LogP contribution in [0.25, 0.3) is 21.0 Å². The third-order valence-corrected chi connectivity index (χ3v) is 14.1. The molecule has 2 bridgehead atoms. The number of sulfonamides is 1. The van der Waals surface area contributed by atoms with E-state index in [-0.39, 0.29) is 65.1 Å². The van der Waals surface area contributed by atoms with Crippen LogP contribution >= 0.6 is 11.3 Å². The number of hydrogen-bond donors (Lipinski definition) is 1. The van der Waals surface area contributed by atoms with Crippen molar-refractivity contribution in [2.45, 2.75) is 113 Å². The highest BCUT2D eigenvalue weighted by molar-refractivity contribution is 7.91. The number of benzene rings is 1. The number of carbonyl (C=O) groups is 1. The van der Waals surface area contributed by atoms with E-state index in [0.29, 0.717) is 36.1 Å². The number of aromatic nitrogens is 3. The lowest BCUT2D eigenvalue weighted by molar-refractivity contribution is -0.124. The van der Waals surface area contributed by atoms with Gasteiger partial charge in [-0.2, -0.15) is 8.78 Å². The topological polar surface area (TPSA) is 161 Å². The molecule has 4 fully saturated rings. The number of carbonyl (C=O) groups excluding carboxylic acids is 1. The van der Waals surface area contributed by atoms with Gasteiger partial charge in [0.05, 0.1) is 46.1 Å². The standard InChI is InChI=1S/C34H36F2N4O9S2/c1-18-25-28(41)40(34(11-12-34)30(42)38-51(44,45)33(2)9-10-33)32(43)39(29(25)50-26(18)27-37-13-14-46-27)17-24(22-5-3-4-6-23(22)49-31(35)36)48-21-15-19-7-8-20(16-21)47-19/h3-6,13-14,19-21,24,31H,7-12,15-17H2,1-2H3,(H,38,42)/t19-,20+,21+,24-/m0/s1. The molecule has 0 unspecified atom stereocenters. The van der Waals surface area contributed by atoms with Gasteiger partial charge in [-0.15, -0.1) is 11.3 Å². The monoisotopic (exact) mass is 746 g/mol. The van der Waals surface area contributed by atoms with Crippen molar-refractivity contribution in [2.24, 2.45) is 0 Å². The quantitative estimate of drug-likeness (QED) is 0.214. The number of fused-ring (bicyclic) bond motifs is 3. The van der Waals surface area contributed by atoms with Crippen LogP contribution in [0.2, 0.25) is 0 Å². The number of nitrogens with zero attached hydrogens (tertiary/aromatic N) is 3. The first-order chi connectivity index (χ1) is 24.3. The number of alkyl halides is 2. The second-order valence-corrected chi connectivity index (χ2v) is 17.3. The summed E-state index contributed by atoms with van der Waals surface area (Å²) < 4.78 is 79.9. The number of hydrogen-bond acceptors (Lipinski definition) is 11. The number of oxazole rings is 1. The predicted octanol–water partition coefficient (Wildman–Crippen LogP) is 4.75. The molecule has 1 aromatic carbocycles. The Morgan fingerprint density at radius 1 is 1.14 bits per heavy atom. The first-order valence-corrected chi connectivity index (χ1v) is 19.2. The van der Waals surface area contributed by atoms with Gasteiger partial charge >= 0.3 is 12.3 Å². The molecule has 272 valence electrons. The van der Waals surface area contributed by atoms with Crippen LogP contribution in [0.3, 0.4) is 0 Å². The van der Waals surface area contributed by atoms with Gasteiger partial charge in [-0.1, -0.05) is 18.2 Å². The third-order valence-electron chi connectivity index (χ3n) is 10.7. The highest BCUT2D eigenvalue weighted by Crippen LogP contribution is 2.46. The first-order valence-electron chi connectivity index (χ1n) is 16.9. The van der Waals surface area contributed by atoms with Gasteiger partial charge in [0.15, 0.2) is 0 Å². The van der Waals surface area contributed by atoms with Crippen molar-refractivity contribution < 1.29 is 40.6 Å². The van der Waals surface area contributed by atoms with E-state index >= 15 is 0 Å². The molecule has 13 nitrogen and oxygen atoms in total. The average molecular weight is 747 g/mol. The number of thiophene rings is 1.